The van der Waals surface area contributed by atoms with Crippen LogP contribution in [0.3, 0.4) is 0 Å². The van der Waals surface area contributed by atoms with Crippen LogP contribution < -0.4 is 11.1 Å². The molecule has 0 heterocycles. The van der Waals surface area contributed by atoms with Crippen LogP contribution in [-0.2, 0) is 9.59 Å². The summed E-state index contributed by atoms with van der Waals surface area (Å²) in [6.07, 6.45) is -0.435. The van der Waals surface area contributed by atoms with Crippen molar-refractivity contribution >= 4 is 52.3 Å². The average Bonchev–Trinajstić information content (AvgIpc) is 2.09. The number of anilines is 1. The fraction of sp³-hybridized carbons (Fsp3) is 0.111. The Kier molecular flexibility index (Phi) is 4.41. The Bertz CT molecular complexity index is 425. The molecule has 0 radical (unpaired) electrons. The highest BCUT2D eigenvalue weighted by Crippen LogP contribution is 2.33. The topological polar surface area (TPSA) is 72.2 Å². The number of amides is 2. The van der Waals surface area contributed by atoms with E-state index in [0.29, 0.717) is 5.02 Å². The molecule has 0 aliphatic rings. The Hall–Kier alpha value is -0.970. The van der Waals surface area contributed by atoms with Crippen LogP contribution in [0.5, 0.6) is 0 Å². The minimum Gasteiger partial charge on any atom is -0.369 e. The minimum atomic E-state index is -0.737. The standard InChI is InChI=1S/C9H7Cl3N2O2/c10-4-1-5(11)9(6(12)2-4)14-8(16)3-7(13)15/h1-2H,3H2,(H2,13,15)(H,14,16). The molecule has 86 valence electrons. The molecule has 2 amide bonds. The smallest absolute Gasteiger partial charge is 0.233 e. The summed E-state index contributed by atoms with van der Waals surface area (Å²) in [5, 5.41) is 3.10. The summed E-state index contributed by atoms with van der Waals surface area (Å²) in [6.45, 7) is 0. The Labute approximate surface area is 107 Å². The summed E-state index contributed by atoms with van der Waals surface area (Å²) in [5.41, 5.74) is 5.07. The summed E-state index contributed by atoms with van der Waals surface area (Å²) < 4.78 is 0. The van der Waals surface area contributed by atoms with Gasteiger partial charge in [0.1, 0.15) is 6.42 Å². The molecular formula is C9H7Cl3N2O2. The van der Waals surface area contributed by atoms with Crippen molar-refractivity contribution in [1.82, 2.24) is 0 Å². The monoisotopic (exact) mass is 280 g/mol. The third kappa shape index (κ3) is 3.56. The summed E-state index contributed by atoms with van der Waals surface area (Å²) in [5.74, 6) is -1.32. The van der Waals surface area contributed by atoms with Crippen LogP contribution in [0.1, 0.15) is 6.42 Å². The van der Waals surface area contributed by atoms with Gasteiger partial charge in [0.2, 0.25) is 11.8 Å². The Balaban J connectivity index is 2.89. The Morgan fingerprint density at radius 1 is 1.19 bits per heavy atom. The van der Waals surface area contributed by atoms with Crippen LogP contribution in [0, 0.1) is 0 Å². The zero-order valence-corrected chi connectivity index (χ0v) is 10.2. The highest BCUT2D eigenvalue weighted by Gasteiger charge is 2.12. The number of primary amides is 1. The normalized spacial score (nSPS) is 9.94. The molecule has 0 aliphatic heterocycles. The molecule has 16 heavy (non-hydrogen) atoms. The van der Waals surface area contributed by atoms with Crippen LogP contribution in [0.2, 0.25) is 15.1 Å². The molecule has 0 bridgehead atoms. The van der Waals surface area contributed by atoms with Crippen LogP contribution in [0.4, 0.5) is 5.69 Å². The van der Waals surface area contributed by atoms with Gasteiger partial charge in [-0.15, -0.1) is 0 Å². The highest BCUT2D eigenvalue weighted by atomic mass is 35.5. The number of nitrogens with one attached hydrogen (secondary N) is 1. The van der Waals surface area contributed by atoms with Gasteiger partial charge in [-0.25, -0.2) is 0 Å². The lowest BCUT2D eigenvalue weighted by Gasteiger charge is -2.08. The van der Waals surface area contributed by atoms with E-state index in [-0.39, 0.29) is 15.7 Å². The van der Waals surface area contributed by atoms with Crippen molar-refractivity contribution in [2.24, 2.45) is 5.73 Å². The van der Waals surface area contributed by atoms with Gasteiger partial charge in [-0.05, 0) is 12.1 Å². The van der Waals surface area contributed by atoms with Crippen LogP contribution in [0.15, 0.2) is 12.1 Å². The molecule has 0 aromatic heterocycles. The third-order valence-corrected chi connectivity index (χ3v) is 2.42. The van der Waals surface area contributed by atoms with Crippen molar-refractivity contribution in [2.75, 3.05) is 5.32 Å². The van der Waals surface area contributed by atoms with Gasteiger partial charge in [-0.2, -0.15) is 0 Å². The van der Waals surface area contributed by atoms with Crippen LogP contribution in [-0.4, -0.2) is 11.8 Å². The quantitative estimate of drug-likeness (QED) is 0.835. The number of carbonyl (C=O) groups is 2. The predicted octanol–water partition coefficient (Wildman–Crippen LogP) is 2.46. The lowest BCUT2D eigenvalue weighted by atomic mass is 10.3. The number of rotatable bonds is 3. The number of hydrogen-bond donors (Lipinski definition) is 2. The van der Waals surface area contributed by atoms with E-state index in [1.807, 2.05) is 0 Å². The second kappa shape index (κ2) is 5.39. The molecule has 0 atom stereocenters. The summed E-state index contributed by atoms with van der Waals surface area (Å²) in [4.78, 5) is 21.7. The maximum Gasteiger partial charge on any atom is 0.233 e. The number of nitrogens with two attached hydrogens (primary N) is 1. The fourth-order valence-electron chi connectivity index (χ4n) is 1.00. The molecule has 1 aromatic rings. The number of halogens is 3. The zero-order chi connectivity index (χ0) is 12.3. The maximum atomic E-state index is 11.3. The Morgan fingerprint density at radius 2 is 1.69 bits per heavy atom. The molecule has 4 nitrogen and oxygen atoms in total. The third-order valence-electron chi connectivity index (χ3n) is 1.61. The number of hydrogen-bond acceptors (Lipinski definition) is 2. The van der Waals surface area contributed by atoms with Gasteiger partial charge in [0.15, 0.2) is 0 Å². The SMILES string of the molecule is NC(=O)CC(=O)Nc1c(Cl)cc(Cl)cc1Cl. The van der Waals surface area contributed by atoms with Gasteiger partial charge >= 0.3 is 0 Å². The predicted molar refractivity (Wildman–Crippen MR) is 63.9 cm³/mol. The van der Waals surface area contributed by atoms with E-state index >= 15 is 0 Å². The number of carbonyl (C=O) groups excluding carboxylic acids is 2. The van der Waals surface area contributed by atoms with Crippen molar-refractivity contribution in [3.8, 4) is 0 Å². The second-order valence-corrected chi connectivity index (χ2v) is 4.19. The van der Waals surface area contributed by atoms with E-state index in [9.17, 15) is 9.59 Å². The second-order valence-electron chi connectivity index (χ2n) is 2.94. The Morgan fingerprint density at radius 3 is 2.12 bits per heavy atom. The first-order chi connectivity index (χ1) is 7.40. The lowest BCUT2D eigenvalue weighted by Crippen LogP contribution is -2.21. The van der Waals surface area contributed by atoms with Crippen molar-refractivity contribution in [3.05, 3.63) is 27.2 Å². The molecule has 0 saturated heterocycles. The molecule has 0 fully saturated rings. The van der Waals surface area contributed by atoms with Gasteiger partial charge < -0.3 is 11.1 Å². The molecule has 0 spiro atoms. The maximum absolute atomic E-state index is 11.3. The number of benzene rings is 1. The van der Waals surface area contributed by atoms with Crippen molar-refractivity contribution in [3.63, 3.8) is 0 Å². The molecule has 0 aliphatic carbocycles. The van der Waals surface area contributed by atoms with Crippen molar-refractivity contribution in [1.29, 1.82) is 0 Å². The summed E-state index contributed by atoms with van der Waals surface area (Å²) in [6, 6.07) is 2.85. The minimum absolute atomic E-state index is 0.190. The molecular weight excluding hydrogens is 274 g/mol. The lowest BCUT2D eigenvalue weighted by molar-refractivity contribution is -0.124. The van der Waals surface area contributed by atoms with Gasteiger partial charge in [0, 0.05) is 5.02 Å². The molecule has 3 N–H and O–H groups in total. The first-order valence-corrected chi connectivity index (χ1v) is 5.26. The first-order valence-electron chi connectivity index (χ1n) is 4.13. The van der Waals surface area contributed by atoms with E-state index < -0.39 is 18.2 Å². The van der Waals surface area contributed by atoms with Crippen molar-refractivity contribution < 1.29 is 9.59 Å². The van der Waals surface area contributed by atoms with E-state index in [1.54, 1.807) is 0 Å². The summed E-state index contributed by atoms with van der Waals surface area (Å²) >= 11 is 17.3. The first kappa shape index (κ1) is 13.1. The summed E-state index contributed by atoms with van der Waals surface area (Å²) in [7, 11) is 0. The van der Waals surface area contributed by atoms with Gasteiger partial charge in [0.05, 0.1) is 15.7 Å². The van der Waals surface area contributed by atoms with Crippen LogP contribution >= 0.6 is 34.8 Å². The van der Waals surface area contributed by atoms with E-state index in [0.717, 1.165) is 0 Å². The van der Waals surface area contributed by atoms with Crippen molar-refractivity contribution in [2.45, 2.75) is 6.42 Å². The van der Waals surface area contributed by atoms with Crippen LogP contribution in [0.25, 0.3) is 0 Å². The van der Waals surface area contributed by atoms with Gasteiger partial charge in [-0.3, -0.25) is 9.59 Å². The fourth-order valence-corrected chi connectivity index (χ4v) is 1.91. The highest BCUT2D eigenvalue weighted by molar-refractivity contribution is 6.42. The zero-order valence-electron chi connectivity index (χ0n) is 7.89. The molecule has 7 heteroatoms. The van der Waals surface area contributed by atoms with Gasteiger partial charge in [-0.1, -0.05) is 34.8 Å². The molecule has 1 rings (SSSR count). The van der Waals surface area contributed by atoms with Gasteiger partial charge in [0.25, 0.3) is 0 Å². The molecule has 0 unspecified atom stereocenters. The van der Waals surface area contributed by atoms with E-state index in [1.165, 1.54) is 12.1 Å². The van der Waals surface area contributed by atoms with E-state index in [2.05, 4.69) is 5.32 Å². The molecule has 0 saturated carbocycles. The largest absolute Gasteiger partial charge is 0.369 e. The average molecular weight is 282 g/mol. The molecule has 1 aromatic carbocycles. The van der Waals surface area contributed by atoms with E-state index in [4.69, 9.17) is 40.5 Å².